The van der Waals surface area contributed by atoms with Gasteiger partial charge in [0.25, 0.3) is 5.91 Å². The summed E-state index contributed by atoms with van der Waals surface area (Å²) in [5.74, 6) is -0.0639. The molecule has 1 heterocycles. The number of amides is 1. The first kappa shape index (κ1) is 19.3. The minimum absolute atomic E-state index is 0.0639. The summed E-state index contributed by atoms with van der Waals surface area (Å²) in [5, 5.41) is 6.36. The molecule has 0 aromatic carbocycles. The Morgan fingerprint density at radius 3 is 2.76 bits per heavy atom. The number of allylic oxidation sites excluding steroid dienone is 4. The van der Waals surface area contributed by atoms with Crippen LogP contribution in [0, 0.1) is 5.41 Å². The third-order valence-corrected chi connectivity index (χ3v) is 5.19. The SMILES string of the molecule is C=C(NCCCCCNC(=O)c1cccnc1)C1(C)CC=CC=C1S. The summed E-state index contributed by atoms with van der Waals surface area (Å²) in [6.07, 6.45) is 13.4. The molecule has 0 aliphatic heterocycles. The number of hydrogen-bond donors (Lipinski definition) is 3. The van der Waals surface area contributed by atoms with Crippen LogP contribution in [-0.4, -0.2) is 24.0 Å². The lowest BCUT2D eigenvalue weighted by Gasteiger charge is -2.33. The van der Waals surface area contributed by atoms with E-state index in [4.69, 9.17) is 0 Å². The van der Waals surface area contributed by atoms with Crippen molar-refractivity contribution < 1.29 is 4.79 Å². The first-order chi connectivity index (χ1) is 12.0. The smallest absolute Gasteiger partial charge is 0.252 e. The molecule has 1 amide bonds. The monoisotopic (exact) mass is 357 g/mol. The number of unbranched alkanes of at least 4 members (excludes halogenated alkanes) is 2. The lowest BCUT2D eigenvalue weighted by atomic mass is 9.80. The second-order valence-corrected chi connectivity index (χ2v) is 6.96. The van der Waals surface area contributed by atoms with Gasteiger partial charge in [-0.2, -0.15) is 0 Å². The number of hydrogen-bond acceptors (Lipinski definition) is 4. The van der Waals surface area contributed by atoms with Gasteiger partial charge < -0.3 is 10.6 Å². The number of carbonyl (C=O) groups excluding carboxylic acids is 1. The summed E-state index contributed by atoms with van der Waals surface area (Å²) in [5.41, 5.74) is 1.50. The molecule has 1 aliphatic carbocycles. The molecule has 1 aromatic heterocycles. The molecular formula is C20H27N3OS. The van der Waals surface area contributed by atoms with Gasteiger partial charge in [-0.05, 0) is 49.6 Å². The van der Waals surface area contributed by atoms with Crippen molar-refractivity contribution in [2.75, 3.05) is 13.1 Å². The molecule has 25 heavy (non-hydrogen) atoms. The first-order valence-electron chi connectivity index (χ1n) is 8.72. The number of thiol groups is 1. The van der Waals surface area contributed by atoms with E-state index in [2.05, 4.69) is 47.8 Å². The molecule has 0 radical (unpaired) electrons. The van der Waals surface area contributed by atoms with Crippen molar-refractivity contribution in [3.63, 3.8) is 0 Å². The Hall–Kier alpha value is -2.01. The van der Waals surface area contributed by atoms with Crippen LogP contribution in [0.15, 0.2) is 59.9 Å². The summed E-state index contributed by atoms with van der Waals surface area (Å²) < 4.78 is 0. The molecule has 5 heteroatoms. The molecule has 0 bridgehead atoms. The van der Waals surface area contributed by atoms with Crippen molar-refractivity contribution in [1.82, 2.24) is 15.6 Å². The van der Waals surface area contributed by atoms with Crippen LogP contribution in [0.4, 0.5) is 0 Å². The standard InChI is InChI=1S/C20H27N3OS/c1-16(20(2)11-5-4-10-18(20)25)22-13-6-3-7-14-23-19(24)17-9-8-12-21-15-17/h4-5,8-10,12,15,22,25H,1,3,6-7,11,13-14H2,2H3,(H,23,24). The van der Waals surface area contributed by atoms with Crippen LogP contribution in [0.25, 0.3) is 0 Å². The molecule has 134 valence electrons. The molecule has 0 saturated heterocycles. The fourth-order valence-electron chi connectivity index (χ4n) is 2.69. The van der Waals surface area contributed by atoms with E-state index < -0.39 is 0 Å². The Labute approximate surface area is 155 Å². The summed E-state index contributed by atoms with van der Waals surface area (Å²) in [7, 11) is 0. The van der Waals surface area contributed by atoms with E-state index in [-0.39, 0.29) is 11.3 Å². The van der Waals surface area contributed by atoms with Gasteiger partial charge in [-0.3, -0.25) is 9.78 Å². The van der Waals surface area contributed by atoms with E-state index in [0.29, 0.717) is 12.1 Å². The maximum atomic E-state index is 11.9. The first-order valence-corrected chi connectivity index (χ1v) is 9.16. The number of nitrogens with zero attached hydrogens (tertiary/aromatic N) is 1. The fourth-order valence-corrected chi connectivity index (χ4v) is 3.00. The van der Waals surface area contributed by atoms with Crippen LogP contribution in [0.5, 0.6) is 0 Å². The van der Waals surface area contributed by atoms with E-state index in [9.17, 15) is 4.79 Å². The van der Waals surface area contributed by atoms with Gasteiger partial charge in [0.1, 0.15) is 0 Å². The van der Waals surface area contributed by atoms with Gasteiger partial charge in [-0.15, -0.1) is 12.6 Å². The van der Waals surface area contributed by atoms with E-state index >= 15 is 0 Å². The van der Waals surface area contributed by atoms with Gasteiger partial charge in [-0.1, -0.05) is 24.8 Å². The van der Waals surface area contributed by atoms with Crippen molar-refractivity contribution in [1.29, 1.82) is 0 Å². The Morgan fingerprint density at radius 2 is 2.08 bits per heavy atom. The van der Waals surface area contributed by atoms with Gasteiger partial charge in [-0.25, -0.2) is 0 Å². The van der Waals surface area contributed by atoms with Crippen LogP contribution in [-0.2, 0) is 0 Å². The minimum Gasteiger partial charge on any atom is -0.388 e. The summed E-state index contributed by atoms with van der Waals surface area (Å²) >= 11 is 4.59. The summed E-state index contributed by atoms with van der Waals surface area (Å²) in [6.45, 7) is 7.92. The quantitative estimate of drug-likeness (QED) is 0.465. The average Bonchev–Trinajstić information content (AvgIpc) is 2.63. The highest BCUT2D eigenvalue weighted by atomic mass is 32.1. The van der Waals surface area contributed by atoms with E-state index in [0.717, 1.165) is 42.8 Å². The third kappa shape index (κ3) is 5.49. The molecule has 2 rings (SSSR count). The van der Waals surface area contributed by atoms with Crippen LogP contribution in [0.1, 0.15) is 43.0 Å². The second-order valence-electron chi connectivity index (χ2n) is 6.48. The molecular weight excluding hydrogens is 330 g/mol. The number of nitrogens with one attached hydrogen (secondary N) is 2. The number of rotatable bonds is 9. The number of aromatic nitrogens is 1. The fraction of sp³-hybridized carbons (Fsp3) is 0.400. The van der Waals surface area contributed by atoms with Crippen molar-refractivity contribution in [3.05, 3.63) is 65.5 Å². The van der Waals surface area contributed by atoms with Crippen LogP contribution in [0.3, 0.4) is 0 Å². The van der Waals surface area contributed by atoms with Crippen LogP contribution in [0.2, 0.25) is 0 Å². The zero-order valence-corrected chi connectivity index (χ0v) is 15.7. The summed E-state index contributed by atoms with van der Waals surface area (Å²) in [4.78, 5) is 16.9. The predicted octanol–water partition coefficient (Wildman–Crippen LogP) is 3.86. The van der Waals surface area contributed by atoms with E-state index in [1.165, 1.54) is 0 Å². The van der Waals surface area contributed by atoms with Crippen molar-refractivity contribution in [2.24, 2.45) is 5.41 Å². The van der Waals surface area contributed by atoms with E-state index in [1.807, 2.05) is 12.2 Å². The Bertz CT molecular complexity index is 654. The molecule has 0 fully saturated rings. The minimum atomic E-state index is -0.116. The van der Waals surface area contributed by atoms with Crippen LogP contribution < -0.4 is 10.6 Å². The summed E-state index contributed by atoms with van der Waals surface area (Å²) in [6, 6.07) is 3.53. The third-order valence-electron chi connectivity index (χ3n) is 4.55. The maximum absolute atomic E-state index is 11.9. The normalized spacial score (nSPS) is 19.2. The molecule has 1 aliphatic rings. The number of pyridine rings is 1. The highest BCUT2D eigenvalue weighted by Gasteiger charge is 2.30. The zero-order chi connectivity index (χ0) is 18.1. The lowest BCUT2D eigenvalue weighted by Crippen LogP contribution is -2.30. The largest absolute Gasteiger partial charge is 0.388 e. The highest BCUT2D eigenvalue weighted by molar-refractivity contribution is 7.84. The molecule has 1 atom stereocenters. The van der Waals surface area contributed by atoms with Crippen molar-refractivity contribution in [2.45, 2.75) is 32.6 Å². The van der Waals surface area contributed by atoms with Gasteiger partial charge in [0, 0.05) is 36.6 Å². The highest BCUT2D eigenvalue weighted by Crippen LogP contribution is 2.41. The Balaban J connectivity index is 1.58. The predicted molar refractivity (Wildman–Crippen MR) is 106 cm³/mol. The zero-order valence-electron chi connectivity index (χ0n) is 14.8. The molecule has 1 unspecified atom stereocenters. The van der Waals surface area contributed by atoms with Gasteiger partial charge in [0.2, 0.25) is 0 Å². The Kier molecular flexibility index (Phi) is 7.31. The molecule has 0 saturated carbocycles. The van der Waals surface area contributed by atoms with E-state index in [1.54, 1.807) is 24.5 Å². The lowest BCUT2D eigenvalue weighted by molar-refractivity contribution is 0.0952. The van der Waals surface area contributed by atoms with Crippen molar-refractivity contribution >= 4 is 18.5 Å². The van der Waals surface area contributed by atoms with Gasteiger partial charge in [0.15, 0.2) is 0 Å². The van der Waals surface area contributed by atoms with Crippen molar-refractivity contribution in [3.8, 4) is 0 Å². The van der Waals surface area contributed by atoms with Crippen LogP contribution >= 0.6 is 12.6 Å². The second kappa shape index (κ2) is 9.47. The van der Waals surface area contributed by atoms with Gasteiger partial charge in [0.05, 0.1) is 5.56 Å². The molecule has 1 aromatic rings. The number of carbonyl (C=O) groups is 1. The molecule has 2 N–H and O–H groups in total. The topological polar surface area (TPSA) is 54.0 Å². The Morgan fingerprint density at radius 1 is 1.32 bits per heavy atom. The maximum Gasteiger partial charge on any atom is 0.252 e. The van der Waals surface area contributed by atoms with Gasteiger partial charge >= 0.3 is 0 Å². The molecule has 0 spiro atoms. The molecule has 4 nitrogen and oxygen atoms in total. The average molecular weight is 358 g/mol.